The van der Waals surface area contributed by atoms with Crippen LogP contribution in [0.25, 0.3) is 0 Å². The molecule has 1 heterocycles. The lowest BCUT2D eigenvalue weighted by Crippen LogP contribution is -2.16. The molecule has 1 aliphatic rings. The number of nitrogens with one attached hydrogen (secondary N) is 1. The van der Waals surface area contributed by atoms with Gasteiger partial charge in [-0.05, 0) is 12.1 Å². The number of fused-ring (bicyclic) bond motifs is 1. The van der Waals surface area contributed by atoms with Crippen molar-refractivity contribution in [3.05, 3.63) is 29.1 Å². The lowest BCUT2D eigenvalue weighted by atomic mass is 10.1. The number of amidine groups is 1. The van der Waals surface area contributed by atoms with Crippen LogP contribution in [0.1, 0.15) is 11.1 Å². The molecule has 0 atom stereocenters. The molecule has 0 bridgehead atoms. The number of rotatable bonds is 1. The highest BCUT2D eigenvalue weighted by Crippen LogP contribution is 2.28. The van der Waals surface area contributed by atoms with Gasteiger partial charge in [-0.3, -0.25) is 5.41 Å². The Kier molecular flexibility index (Phi) is 2.09. The van der Waals surface area contributed by atoms with Gasteiger partial charge >= 0.3 is 0 Å². The molecule has 0 amide bonds. The van der Waals surface area contributed by atoms with Crippen LogP contribution >= 0.6 is 0 Å². The van der Waals surface area contributed by atoms with Crippen LogP contribution in [0.2, 0.25) is 0 Å². The summed E-state index contributed by atoms with van der Waals surface area (Å²) in [6, 6.07) is 2.78. The van der Waals surface area contributed by atoms with Crippen molar-refractivity contribution < 1.29 is 13.9 Å². The Balaban J connectivity index is 2.51. The summed E-state index contributed by atoms with van der Waals surface area (Å²) in [5, 5.41) is 7.18. The molecule has 4 nitrogen and oxygen atoms in total. The first-order valence-electron chi connectivity index (χ1n) is 4.06. The average molecular weight is 196 g/mol. The minimum absolute atomic E-state index is 0.0589. The van der Waals surface area contributed by atoms with Gasteiger partial charge in [-0.2, -0.15) is 0 Å². The third-order valence-corrected chi connectivity index (χ3v) is 1.98. The molecular formula is C9H9FN2O2. The third-order valence-electron chi connectivity index (χ3n) is 1.98. The zero-order valence-electron chi connectivity index (χ0n) is 7.34. The molecule has 2 rings (SSSR count). The van der Waals surface area contributed by atoms with Gasteiger partial charge < -0.3 is 15.2 Å². The minimum Gasteiger partial charge on any atom is -0.464 e. The second kappa shape index (κ2) is 3.26. The molecule has 1 aromatic rings. The van der Waals surface area contributed by atoms with Crippen molar-refractivity contribution in [3.8, 4) is 5.75 Å². The van der Waals surface area contributed by atoms with E-state index < -0.39 is 5.82 Å². The number of hydrogen-bond acceptors (Lipinski definition) is 3. The smallest absolute Gasteiger partial charge is 0.189 e. The van der Waals surface area contributed by atoms with E-state index >= 15 is 0 Å². The van der Waals surface area contributed by atoms with Crippen LogP contribution in [0.15, 0.2) is 12.1 Å². The second-order valence-electron chi connectivity index (χ2n) is 2.97. The molecule has 0 saturated carbocycles. The fraction of sp³-hybridized carbons (Fsp3) is 0.222. The fourth-order valence-electron chi connectivity index (χ4n) is 1.33. The molecule has 74 valence electrons. The predicted molar refractivity (Wildman–Crippen MR) is 47.7 cm³/mol. The SMILES string of the molecule is N=C(N)c1cc(F)c2c(c1)COCO2. The Morgan fingerprint density at radius 1 is 1.50 bits per heavy atom. The molecular weight excluding hydrogens is 187 g/mol. The van der Waals surface area contributed by atoms with Gasteiger partial charge in [0.2, 0.25) is 0 Å². The van der Waals surface area contributed by atoms with Crippen LogP contribution in [0.3, 0.4) is 0 Å². The molecule has 0 radical (unpaired) electrons. The van der Waals surface area contributed by atoms with Gasteiger partial charge in [0.25, 0.3) is 0 Å². The fourth-order valence-corrected chi connectivity index (χ4v) is 1.33. The molecule has 0 spiro atoms. The molecule has 0 aliphatic carbocycles. The highest BCUT2D eigenvalue weighted by molar-refractivity contribution is 5.95. The van der Waals surface area contributed by atoms with Crippen LogP contribution in [-0.2, 0) is 11.3 Å². The van der Waals surface area contributed by atoms with E-state index in [4.69, 9.17) is 20.6 Å². The van der Waals surface area contributed by atoms with E-state index in [2.05, 4.69) is 0 Å². The Labute approximate surface area is 79.9 Å². The van der Waals surface area contributed by atoms with Crippen molar-refractivity contribution in [2.45, 2.75) is 6.61 Å². The van der Waals surface area contributed by atoms with E-state index in [0.29, 0.717) is 11.1 Å². The normalized spacial score (nSPS) is 14.4. The van der Waals surface area contributed by atoms with E-state index in [-0.39, 0.29) is 25.0 Å². The number of hydrogen-bond donors (Lipinski definition) is 2. The third kappa shape index (κ3) is 1.42. The summed E-state index contributed by atoms with van der Waals surface area (Å²) in [6.45, 7) is 0.344. The van der Waals surface area contributed by atoms with Crippen molar-refractivity contribution in [1.29, 1.82) is 5.41 Å². The minimum atomic E-state index is -0.504. The number of halogens is 1. The first-order chi connectivity index (χ1) is 6.68. The van der Waals surface area contributed by atoms with E-state index in [9.17, 15) is 4.39 Å². The van der Waals surface area contributed by atoms with Gasteiger partial charge in [-0.25, -0.2) is 4.39 Å². The van der Waals surface area contributed by atoms with Crippen LogP contribution in [-0.4, -0.2) is 12.6 Å². The molecule has 1 aliphatic heterocycles. The molecule has 5 heteroatoms. The van der Waals surface area contributed by atoms with E-state index in [0.717, 1.165) is 0 Å². The van der Waals surface area contributed by atoms with Crippen LogP contribution < -0.4 is 10.5 Å². The molecule has 14 heavy (non-hydrogen) atoms. The molecule has 0 aromatic heterocycles. The topological polar surface area (TPSA) is 68.3 Å². The maximum atomic E-state index is 13.4. The van der Waals surface area contributed by atoms with Gasteiger partial charge in [0.05, 0.1) is 6.61 Å². The molecule has 3 N–H and O–H groups in total. The first-order valence-corrected chi connectivity index (χ1v) is 4.06. The monoisotopic (exact) mass is 196 g/mol. The molecule has 1 aromatic carbocycles. The summed E-state index contributed by atoms with van der Waals surface area (Å²) in [4.78, 5) is 0. The van der Waals surface area contributed by atoms with Crippen LogP contribution in [0, 0.1) is 11.2 Å². The summed E-state index contributed by atoms with van der Waals surface area (Å²) >= 11 is 0. The quantitative estimate of drug-likeness (QED) is 0.519. The van der Waals surface area contributed by atoms with E-state index in [1.54, 1.807) is 6.07 Å². The molecule has 0 fully saturated rings. The van der Waals surface area contributed by atoms with Crippen molar-refractivity contribution >= 4 is 5.84 Å². The van der Waals surface area contributed by atoms with Crippen molar-refractivity contribution in [2.24, 2.45) is 5.73 Å². The largest absolute Gasteiger partial charge is 0.464 e. The van der Waals surface area contributed by atoms with Gasteiger partial charge in [0, 0.05) is 11.1 Å². The van der Waals surface area contributed by atoms with Crippen LogP contribution in [0.5, 0.6) is 5.75 Å². The summed E-state index contributed by atoms with van der Waals surface area (Å²) in [5.41, 5.74) is 6.18. The Hall–Kier alpha value is -1.62. The van der Waals surface area contributed by atoms with Crippen molar-refractivity contribution in [3.63, 3.8) is 0 Å². The molecule has 0 saturated heterocycles. The number of ether oxygens (including phenoxy) is 2. The number of benzene rings is 1. The summed E-state index contributed by atoms with van der Waals surface area (Å²) in [7, 11) is 0. The van der Waals surface area contributed by atoms with E-state index in [1.165, 1.54) is 6.07 Å². The van der Waals surface area contributed by atoms with Gasteiger partial charge in [-0.15, -0.1) is 0 Å². The van der Waals surface area contributed by atoms with Crippen LogP contribution in [0.4, 0.5) is 4.39 Å². The number of nitrogen functional groups attached to an aromatic ring is 1. The number of nitrogens with two attached hydrogens (primary N) is 1. The van der Waals surface area contributed by atoms with Gasteiger partial charge in [-0.1, -0.05) is 0 Å². The summed E-state index contributed by atoms with van der Waals surface area (Å²) < 4.78 is 23.3. The lowest BCUT2D eigenvalue weighted by molar-refractivity contribution is -0.0190. The Morgan fingerprint density at radius 2 is 2.29 bits per heavy atom. The predicted octanol–water partition coefficient (Wildman–Crippen LogP) is 0.976. The highest BCUT2D eigenvalue weighted by Gasteiger charge is 2.17. The zero-order valence-corrected chi connectivity index (χ0v) is 7.34. The second-order valence-corrected chi connectivity index (χ2v) is 2.97. The lowest BCUT2D eigenvalue weighted by Gasteiger charge is -2.18. The molecule has 0 unspecified atom stereocenters. The average Bonchev–Trinajstić information content (AvgIpc) is 2.17. The maximum absolute atomic E-state index is 13.4. The van der Waals surface area contributed by atoms with E-state index in [1.807, 2.05) is 0 Å². The summed E-state index contributed by atoms with van der Waals surface area (Å²) in [6.07, 6.45) is 0. The maximum Gasteiger partial charge on any atom is 0.189 e. The van der Waals surface area contributed by atoms with Gasteiger partial charge in [0.1, 0.15) is 5.84 Å². The van der Waals surface area contributed by atoms with Crippen molar-refractivity contribution in [1.82, 2.24) is 0 Å². The van der Waals surface area contributed by atoms with Gasteiger partial charge in [0.15, 0.2) is 18.4 Å². The zero-order chi connectivity index (χ0) is 10.1. The standard InChI is InChI=1S/C9H9FN2O2/c10-7-2-5(9(11)12)1-6-3-13-4-14-8(6)7/h1-2H,3-4H2,(H3,11,12). The Morgan fingerprint density at radius 3 is 3.00 bits per heavy atom. The highest BCUT2D eigenvalue weighted by atomic mass is 19.1. The summed E-state index contributed by atoms with van der Waals surface area (Å²) in [5.74, 6) is -0.477. The first kappa shape index (κ1) is 8.96. The Bertz CT molecular complexity index is 393. The van der Waals surface area contributed by atoms with Crippen molar-refractivity contribution in [2.75, 3.05) is 6.79 Å².